The third kappa shape index (κ3) is 9.83. The number of hydrogen-bond donors (Lipinski definition) is 1. The van der Waals surface area contributed by atoms with Gasteiger partial charge < -0.3 is 10.2 Å². The summed E-state index contributed by atoms with van der Waals surface area (Å²) in [6.45, 7) is 8.83. The van der Waals surface area contributed by atoms with Crippen LogP contribution in [-0.4, -0.2) is 69.6 Å². The molecule has 0 aliphatic rings. The van der Waals surface area contributed by atoms with Gasteiger partial charge in [-0.25, -0.2) is 12.7 Å². The predicted molar refractivity (Wildman–Crippen MR) is 106 cm³/mol. The second-order valence-corrected chi connectivity index (χ2v) is 7.45. The van der Waals surface area contributed by atoms with Gasteiger partial charge in [0.1, 0.15) is 0 Å². The summed E-state index contributed by atoms with van der Waals surface area (Å²) in [7, 11) is 0.580. The van der Waals surface area contributed by atoms with Gasteiger partial charge in [-0.15, -0.1) is 24.0 Å². The molecule has 0 heterocycles. The quantitative estimate of drug-likeness (QED) is 0.240. The van der Waals surface area contributed by atoms with Crippen LogP contribution < -0.4 is 5.32 Å². The molecule has 0 amide bonds. The first-order valence-corrected chi connectivity index (χ1v) is 9.43. The van der Waals surface area contributed by atoms with E-state index in [0.29, 0.717) is 13.1 Å². The minimum absolute atomic E-state index is 0. The van der Waals surface area contributed by atoms with Crippen LogP contribution >= 0.6 is 24.0 Å². The van der Waals surface area contributed by atoms with Gasteiger partial charge in [0.2, 0.25) is 10.0 Å². The molecule has 1 N–H and O–H groups in total. The highest BCUT2D eigenvalue weighted by molar-refractivity contribution is 14.0. The van der Waals surface area contributed by atoms with Crippen molar-refractivity contribution in [3.8, 4) is 0 Å². The molecule has 134 valence electrons. The topological polar surface area (TPSA) is 65.0 Å². The Morgan fingerprint density at radius 1 is 1.09 bits per heavy atom. The molecule has 22 heavy (non-hydrogen) atoms. The van der Waals surface area contributed by atoms with E-state index in [4.69, 9.17) is 0 Å². The van der Waals surface area contributed by atoms with Crippen LogP contribution in [0.4, 0.5) is 0 Å². The molecule has 6 nitrogen and oxygen atoms in total. The summed E-state index contributed by atoms with van der Waals surface area (Å²) >= 11 is 0. The molecule has 8 heteroatoms. The largest absolute Gasteiger partial charge is 0.357 e. The molecule has 0 aliphatic carbocycles. The number of sulfonamides is 1. The minimum atomic E-state index is -3.08. The summed E-state index contributed by atoms with van der Waals surface area (Å²) in [5.41, 5.74) is 0. The van der Waals surface area contributed by atoms with Crippen LogP contribution in [0.15, 0.2) is 4.99 Å². The van der Waals surface area contributed by atoms with E-state index < -0.39 is 10.0 Å². The SMILES string of the molecule is CCCCN(C)C(=NCCCN(C)S(=O)(=O)CC)NCC.I. The van der Waals surface area contributed by atoms with Crippen molar-refractivity contribution in [2.24, 2.45) is 4.99 Å². The fraction of sp³-hybridized carbons (Fsp3) is 0.929. The van der Waals surface area contributed by atoms with Crippen LogP contribution in [0.3, 0.4) is 0 Å². The van der Waals surface area contributed by atoms with Crippen molar-refractivity contribution in [2.75, 3.05) is 46.0 Å². The number of nitrogens with one attached hydrogen (secondary N) is 1. The Labute approximate surface area is 153 Å². The second-order valence-electron chi connectivity index (χ2n) is 5.09. The second kappa shape index (κ2) is 13.4. The van der Waals surface area contributed by atoms with Gasteiger partial charge in [0, 0.05) is 40.3 Å². The third-order valence-corrected chi connectivity index (χ3v) is 5.14. The Hall–Kier alpha value is -0.0900. The lowest BCUT2D eigenvalue weighted by molar-refractivity contribution is 0.455. The molecule has 0 rings (SSSR count). The van der Waals surface area contributed by atoms with Gasteiger partial charge in [-0.05, 0) is 26.7 Å². The van der Waals surface area contributed by atoms with E-state index in [-0.39, 0.29) is 29.7 Å². The molecular formula is C14H33IN4O2S. The predicted octanol–water partition coefficient (Wildman–Crippen LogP) is 1.97. The number of aliphatic imine (C=N–C) groups is 1. The first-order chi connectivity index (χ1) is 9.88. The molecule has 0 aromatic heterocycles. The Morgan fingerprint density at radius 3 is 2.23 bits per heavy atom. The zero-order valence-electron chi connectivity index (χ0n) is 14.6. The lowest BCUT2D eigenvalue weighted by Crippen LogP contribution is -2.39. The third-order valence-electron chi connectivity index (χ3n) is 3.28. The van der Waals surface area contributed by atoms with E-state index >= 15 is 0 Å². The fourth-order valence-electron chi connectivity index (χ4n) is 1.81. The average Bonchev–Trinajstić information content (AvgIpc) is 2.47. The average molecular weight is 448 g/mol. The summed E-state index contributed by atoms with van der Waals surface area (Å²) in [5, 5.41) is 3.26. The molecule has 0 unspecified atom stereocenters. The lowest BCUT2D eigenvalue weighted by atomic mass is 10.3. The molecule has 0 aliphatic heterocycles. The zero-order valence-corrected chi connectivity index (χ0v) is 17.8. The van der Waals surface area contributed by atoms with E-state index in [9.17, 15) is 8.42 Å². The van der Waals surface area contributed by atoms with Crippen molar-refractivity contribution in [1.82, 2.24) is 14.5 Å². The first-order valence-electron chi connectivity index (χ1n) is 7.82. The number of unbranched alkanes of at least 4 members (excludes halogenated alkanes) is 1. The summed E-state index contributed by atoms with van der Waals surface area (Å²) in [6, 6.07) is 0. The van der Waals surface area contributed by atoms with E-state index in [1.54, 1.807) is 14.0 Å². The van der Waals surface area contributed by atoms with E-state index in [1.165, 1.54) is 4.31 Å². The molecule has 0 saturated heterocycles. The summed E-state index contributed by atoms with van der Waals surface area (Å²) < 4.78 is 24.7. The van der Waals surface area contributed by atoms with Gasteiger partial charge in [-0.3, -0.25) is 4.99 Å². The van der Waals surface area contributed by atoms with Gasteiger partial charge in [0.05, 0.1) is 5.75 Å². The molecule has 0 radical (unpaired) electrons. The number of nitrogens with zero attached hydrogens (tertiary/aromatic N) is 3. The van der Waals surface area contributed by atoms with Gasteiger partial charge in [-0.1, -0.05) is 13.3 Å². The Bertz CT molecular complexity index is 402. The standard InChI is InChI=1S/C14H32N4O2S.HI/c1-6-9-12-17(4)14(15-7-2)16-11-10-13-18(5)21(19,20)8-3;/h6-13H2,1-5H3,(H,15,16);1H. The molecule has 0 atom stereocenters. The molecule has 0 bridgehead atoms. The van der Waals surface area contributed by atoms with Crippen LogP contribution in [0.1, 0.15) is 40.0 Å². The maximum Gasteiger partial charge on any atom is 0.213 e. The minimum Gasteiger partial charge on any atom is -0.357 e. The van der Waals surface area contributed by atoms with Crippen molar-refractivity contribution in [3.05, 3.63) is 0 Å². The van der Waals surface area contributed by atoms with Crippen molar-refractivity contribution >= 4 is 40.0 Å². The first kappa shape index (κ1) is 24.2. The molecule has 0 spiro atoms. The highest BCUT2D eigenvalue weighted by Crippen LogP contribution is 1.99. The summed E-state index contributed by atoms with van der Waals surface area (Å²) in [6.07, 6.45) is 3.02. The zero-order chi connectivity index (χ0) is 16.3. The smallest absolute Gasteiger partial charge is 0.213 e. The van der Waals surface area contributed by atoms with Crippen molar-refractivity contribution in [3.63, 3.8) is 0 Å². The normalized spacial score (nSPS) is 12.2. The van der Waals surface area contributed by atoms with Crippen LogP contribution in [0.2, 0.25) is 0 Å². The Balaban J connectivity index is 0. The Kier molecular flexibility index (Phi) is 14.7. The van der Waals surface area contributed by atoms with Crippen LogP contribution in [0.5, 0.6) is 0 Å². The maximum atomic E-state index is 11.6. The maximum absolute atomic E-state index is 11.6. The molecular weight excluding hydrogens is 415 g/mol. The molecule has 0 aromatic carbocycles. The summed E-state index contributed by atoms with van der Waals surface area (Å²) in [5.74, 6) is 1.04. The molecule has 0 aromatic rings. The van der Waals surface area contributed by atoms with Gasteiger partial charge in [-0.2, -0.15) is 0 Å². The van der Waals surface area contributed by atoms with Gasteiger partial charge in [0.15, 0.2) is 5.96 Å². The van der Waals surface area contributed by atoms with Crippen LogP contribution in [0.25, 0.3) is 0 Å². The number of hydrogen-bond acceptors (Lipinski definition) is 3. The summed E-state index contributed by atoms with van der Waals surface area (Å²) in [4.78, 5) is 6.68. The van der Waals surface area contributed by atoms with Gasteiger partial charge in [0.25, 0.3) is 0 Å². The van der Waals surface area contributed by atoms with E-state index in [1.807, 2.05) is 14.0 Å². The van der Waals surface area contributed by atoms with Crippen LogP contribution in [-0.2, 0) is 10.0 Å². The van der Waals surface area contributed by atoms with Crippen LogP contribution in [0, 0.1) is 0 Å². The monoisotopic (exact) mass is 448 g/mol. The van der Waals surface area contributed by atoms with Crippen molar-refractivity contribution in [2.45, 2.75) is 40.0 Å². The number of halogens is 1. The Morgan fingerprint density at radius 2 is 1.73 bits per heavy atom. The van der Waals surface area contributed by atoms with E-state index in [0.717, 1.165) is 38.3 Å². The van der Waals surface area contributed by atoms with E-state index in [2.05, 4.69) is 22.1 Å². The molecule has 0 fully saturated rings. The molecule has 0 saturated carbocycles. The number of rotatable bonds is 10. The van der Waals surface area contributed by atoms with Gasteiger partial charge >= 0.3 is 0 Å². The fourth-order valence-corrected chi connectivity index (χ4v) is 2.66. The lowest BCUT2D eigenvalue weighted by Gasteiger charge is -2.22. The van der Waals surface area contributed by atoms with Crippen molar-refractivity contribution < 1.29 is 8.42 Å². The number of guanidine groups is 1. The highest BCUT2D eigenvalue weighted by Gasteiger charge is 2.13. The highest BCUT2D eigenvalue weighted by atomic mass is 127. The van der Waals surface area contributed by atoms with Crippen molar-refractivity contribution in [1.29, 1.82) is 0 Å².